The second kappa shape index (κ2) is 9.08. The Morgan fingerprint density at radius 1 is 1.08 bits per heavy atom. The molecular weight excluding hydrogens is 340 g/mol. The Labute approximate surface area is 152 Å². The topological polar surface area (TPSA) is 58.6 Å². The molecule has 0 spiro atoms. The lowest BCUT2D eigenvalue weighted by atomic mass is 10.1. The van der Waals surface area contributed by atoms with Gasteiger partial charge in [-0.15, -0.1) is 0 Å². The average molecular weight is 361 g/mol. The van der Waals surface area contributed by atoms with Crippen LogP contribution in [0, 0.1) is 0 Å². The second-order valence-corrected chi connectivity index (χ2v) is 5.97. The van der Waals surface area contributed by atoms with Crippen LogP contribution in [0.2, 0.25) is 5.02 Å². The minimum absolute atomic E-state index is 0.0255. The number of ether oxygens (including phenoxy) is 1. The zero-order chi connectivity index (χ0) is 18.2. The highest BCUT2D eigenvalue weighted by Crippen LogP contribution is 2.19. The number of benzene rings is 2. The fourth-order valence-corrected chi connectivity index (χ4v) is 2.47. The van der Waals surface area contributed by atoms with Gasteiger partial charge < -0.3 is 15.0 Å². The Kier molecular flexibility index (Phi) is 6.83. The third kappa shape index (κ3) is 5.80. The van der Waals surface area contributed by atoms with Crippen molar-refractivity contribution >= 4 is 29.1 Å². The minimum Gasteiger partial charge on any atom is -0.497 e. The van der Waals surface area contributed by atoms with E-state index in [1.165, 1.54) is 11.8 Å². The number of amides is 2. The lowest BCUT2D eigenvalue weighted by Crippen LogP contribution is -2.40. The Hall–Kier alpha value is -2.53. The summed E-state index contributed by atoms with van der Waals surface area (Å²) in [4.78, 5) is 25.4. The van der Waals surface area contributed by atoms with Gasteiger partial charge in [0.05, 0.1) is 7.11 Å². The third-order valence-electron chi connectivity index (χ3n) is 3.72. The van der Waals surface area contributed by atoms with Crippen molar-refractivity contribution in [2.45, 2.75) is 13.3 Å². The number of anilines is 1. The molecule has 132 valence electrons. The van der Waals surface area contributed by atoms with Crippen LogP contribution >= 0.6 is 11.6 Å². The number of methoxy groups -OCH3 is 1. The first-order chi connectivity index (χ1) is 12.0. The van der Waals surface area contributed by atoms with E-state index in [1.807, 2.05) is 24.3 Å². The van der Waals surface area contributed by atoms with Crippen LogP contribution in [0.3, 0.4) is 0 Å². The Morgan fingerprint density at radius 2 is 1.72 bits per heavy atom. The van der Waals surface area contributed by atoms with E-state index in [4.69, 9.17) is 16.3 Å². The van der Waals surface area contributed by atoms with Gasteiger partial charge in [-0.1, -0.05) is 23.7 Å². The van der Waals surface area contributed by atoms with Crippen molar-refractivity contribution in [3.8, 4) is 5.75 Å². The van der Waals surface area contributed by atoms with Crippen LogP contribution in [0.5, 0.6) is 5.75 Å². The number of hydrogen-bond acceptors (Lipinski definition) is 3. The normalized spacial score (nSPS) is 10.2. The van der Waals surface area contributed by atoms with E-state index in [0.29, 0.717) is 29.4 Å². The molecule has 0 heterocycles. The highest BCUT2D eigenvalue weighted by atomic mass is 35.5. The van der Waals surface area contributed by atoms with Gasteiger partial charge in [0, 0.05) is 24.2 Å². The zero-order valence-corrected chi connectivity index (χ0v) is 15.0. The second-order valence-electron chi connectivity index (χ2n) is 5.53. The molecule has 25 heavy (non-hydrogen) atoms. The summed E-state index contributed by atoms with van der Waals surface area (Å²) < 4.78 is 5.10. The smallest absolute Gasteiger partial charge is 0.240 e. The van der Waals surface area contributed by atoms with Gasteiger partial charge in [0.2, 0.25) is 11.8 Å². The molecule has 0 aromatic heterocycles. The summed E-state index contributed by atoms with van der Waals surface area (Å²) in [7, 11) is 1.58. The quantitative estimate of drug-likeness (QED) is 0.825. The molecule has 0 radical (unpaired) electrons. The fraction of sp³-hybridized carbons (Fsp3) is 0.263. The summed E-state index contributed by atoms with van der Waals surface area (Å²) in [5.41, 5.74) is 1.74. The van der Waals surface area contributed by atoms with Crippen LogP contribution in [0.15, 0.2) is 48.5 Å². The molecule has 0 saturated heterocycles. The van der Waals surface area contributed by atoms with Crippen LogP contribution in [0.1, 0.15) is 12.5 Å². The van der Waals surface area contributed by atoms with Gasteiger partial charge in [-0.2, -0.15) is 0 Å². The number of hydrogen-bond donors (Lipinski definition) is 1. The van der Waals surface area contributed by atoms with Gasteiger partial charge in [-0.3, -0.25) is 9.59 Å². The van der Waals surface area contributed by atoms with E-state index in [9.17, 15) is 9.59 Å². The number of halogens is 1. The van der Waals surface area contributed by atoms with Crippen molar-refractivity contribution in [2.24, 2.45) is 0 Å². The van der Waals surface area contributed by atoms with Crippen LogP contribution in [-0.2, 0) is 16.0 Å². The van der Waals surface area contributed by atoms with Crippen LogP contribution in [-0.4, -0.2) is 32.0 Å². The van der Waals surface area contributed by atoms with E-state index in [0.717, 1.165) is 5.56 Å². The van der Waals surface area contributed by atoms with Crippen molar-refractivity contribution < 1.29 is 14.3 Å². The number of nitrogens with one attached hydrogen (secondary N) is 1. The standard InChI is InChI=1S/C19H21ClN2O3/c1-14(23)22(17-7-9-18(25-2)10-8-17)13-19(24)21-12-11-15-3-5-16(20)6-4-15/h3-10H,11-13H2,1-2H3,(H,21,24). The predicted molar refractivity (Wildman–Crippen MR) is 99.2 cm³/mol. The molecule has 0 atom stereocenters. The molecule has 0 aliphatic carbocycles. The van der Waals surface area contributed by atoms with E-state index in [2.05, 4.69) is 5.32 Å². The van der Waals surface area contributed by atoms with Gasteiger partial charge in [0.25, 0.3) is 0 Å². The van der Waals surface area contributed by atoms with Gasteiger partial charge >= 0.3 is 0 Å². The van der Waals surface area contributed by atoms with Gasteiger partial charge in [0.1, 0.15) is 12.3 Å². The van der Waals surface area contributed by atoms with Crippen LogP contribution in [0.25, 0.3) is 0 Å². The van der Waals surface area contributed by atoms with Crippen molar-refractivity contribution in [2.75, 3.05) is 25.1 Å². The minimum atomic E-state index is -0.208. The van der Waals surface area contributed by atoms with Gasteiger partial charge in [-0.25, -0.2) is 0 Å². The van der Waals surface area contributed by atoms with E-state index in [-0.39, 0.29) is 18.4 Å². The SMILES string of the molecule is COc1ccc(N(CC(=O)NCCc2ccc(Cl)cc2)C(C)=O)cc1. The third-order valence-corrected chi connectivity index (χ3v) is 3.97. The Bertz CT molecular complexity index is 714. The first kappa shape index (κ1) is 18.8. The lowest BCUT2D eigenvalue weighted by molar-refractivity contribution is -0.123. The zero-order valence-electron chi connectivity index (χ0n) is 14.3. The summed E-state index contributed by atoms with van der Waals surface area (Å²) in [6.07, 6.45) is 0.700. The molecule has 0 aliphatic heterocycles. The molecule has 2 rings (SSSR count). The number of carbonyl (C=O) groups excluding carboxylic acids is 2. The summed E-state index contributed by atoms with van der Waals surface area (Å²) in [5, 5.41) is 3.52. The Balaban J connectivity index is 1.88. The molecule has 0 bridgehead atoms. The number of rotatable bonds is 7. The number of nitrogens with zero attached hydrogens (tertiary/aromatic N) is 1. The summed E-state index contributed by atoms with van der Waals surface area (Å²) in [5.74, 6) is 0.290. The lowest BCUT2D eigenvalue weighted by Gasteiger charge is -2.21. The molecule has 6 heteroatoms. The largest absolute Gasteiger partial charge is 0.497 e. The summed E-state index contributed by atoms with van der Waals surface area (Å²) in [6.45, 7) is 1.91. The number of carbonyl (C=O) groups is 2. The van der Waals surface area contributed by atoms with Gasteiger partial charge in [0.15, 0.2) is 0 Å². The highest BCUT2D eigenvalue weighted by molar-refractivity contribution is 6.30. The van der Waals surface area contributed by atoms with Crippen molar-refractivity contribution in [1.82, 2.24) is 5.32 Å². The molecule has 5 nitrogen and oxygen atoms in total. The molecule has 0 fully saturated rings. The molecule has 2 aromatic rings. The van der Waals surface area contributed by atoms with Crippen LogP contribution in [0.4, 0.5) is 5.69 Å². The maximum Gasteiger partial charge on any atom is 0.240 e. The maximum atomic E-state index is 12.1. The van der Waals surface area contributed by atoms with Crippen molar-refractivity contribution in [3.63, 3.8) is 0 Å². The van der Waals surface area contributed by atoms with Gasteiger partial charge in [-0.05, 0) is 48.4 Å². The molecule has 0 unspecified atom stereocenters. The average Bonchev–Trinajstić information content (AvgIpc) is 2.61. The summed E-state index contributed by atoms with van der Waals surface area (Å²) in [6, 6.07) is 14.5. The maximum absolute atomic E-state index is 12.1. The van der Waals surface area contributed by atoms with Crippen molar-refractivity contribution in [3.05, 3.63) is 59.1 Å². The molecule has 2 aromatic carbocycles. The van der Waals surface area contributed by atoms with E-state index >= 15 is 0 Å². The molecule has 1 N–H and O–H groups in total. The molecule has 0 aliphatic rings. The molecular formula is C19H21ClN2O3. The van der Waals surface area contributed by atoms with Crippen LogP contribution < -0.4 is 15.0 Å². The molecule has 0 saturated carbocycles. The Morgan fingerprint density at radius 3 is 2.28 bits per heavy atom. The van der Waals surface area contributed by atoms with E-state index < -0.39 is 0 Å². The first-order valence-electron chi connectivity index (χ1n) is 7.93. The summed E-state index contributed by atoms with van der Waals surface area (Å²) >= 11 is 5.85. The van der Waals surface area contributed by atoms with Crippen molar-refractivity contribution in [1.29, 1.82) is 0 Å². The monoisotopic (exact) mass is 360 g/mol. The predicted octanol–water partition coefficient (Wildman–Crippen LogP) is 3.06. The highest BCUT2D eigenvalue weighted by Gasteiger charge is 2.15. The molecule has 2 amide bonds. The first-order valence-corrected chi connectivity index (χ1v) is 8.30. The fourth-order valence-electron chi connectivity index (χ4n) is 2.34. The van der Waals surface area contributed by atoms with E-state index in [1.54, 1.807) is 31.4 Å².